The fourth-order valence-corrected chi connectivity index (χ4v) is 3.39. The molecule has 136 valence electrons. The van der Waals surface area contributed by atoms with Gasteiger partial charge in [0, 0.05) is 13.1 Å². The molecule has 0 spiro atoms. The molecule has 0 fully saturated rings. The molecule has 0 saturated carbocycles. The summed E-state index contributed by atoms with van der Waals surface area (Å²) in [5, 5.41) is 3.37. The molecule has 0 bridgehead atoms. The maximum Gasteiger partial charge on any atom is 0.244 e. The maximum absolute atomic E-state index is 13.8. The van der Waals surface area contributed by atoms with Gasteiger partial charge >= 0.3 is 0 Å². The van der Waals surface area contributed by atoms with E-state index in [0.717, 1.165) is 4.70 Å². The van der Waals surface area contributed by atoms with E-state index in [2.05, 4.69) is 10.3 Å². The molecular formula is C18H18FN3O3S. The predicted molar refractivity (Wildman–Crippen MR) is 101 cm³/mol. The largest absolute Gasteiger partial charge is 0.497 e. The van der Waals surface area contributed by atoms with Crippen molar-refractivity contribution >= 4 is 38.3 Å². The van der Waals surface area contributed by atoms with Crippen LogP contribution in [0.5, 0.6) is 11.5 Å². The number of rotatable bonds is 6. The second kappa shape index (κ2) is 7.57. The zero-order valence-corrected chi connectivity index (χ0v) is 15.4. The summed E-state index contributed by atoms with van der Waals surface area (Å²) >= 11 is 1.33. The first-order valence-corrected chi connectivity index (χ1v) is 8.61. The number of thiazole rings is 1. The molecule has 26 heavy (non-hydrogen) atoms. The Labute approximate surface area is 154 Å². The molecule has 0 unspecified atom stereocenters. The summed E-state index contributed by atoms with van der Waals surface area (Å²) < 4.78 is 24.9. The molecule has 3 aromatic rings. The van der Waals surface area contributed by atoms with Crippen LogP contribution >= 0.6 is 11.3 Å². The quantitative estimate of drug-likeness (QED) is 0.714. The summed E-state index contributed by atoms with van der Waals surface area (Å²) in [4.78, 5) is 18.4. The van der Waals surface area contributed by atoms with E-state index in [0.29, 0.717) is 27.8 Å². The van der Waals surface area contributed by atoms with E-state index >= 15 is 0 Å². The van der Waals surface area contributed by atoms with Crippen molar-refractivity contribution in [2.75, 3.05) is 38.0 Å². The number of nitrogens with one attached hydrogen (secondary N) is 1. The topological polar surface area (TPSA) is 63.7 Å². The zero-order chi connectivity index (χ0) is 18.7. The summed E-state index contributed by atoms with van der Waals surface area (Å²) in [7, 11) is 4.81. The van der Waals surface area contributed by atoms with Gasteiger partial charge in [0.25, 0.3) is 0 Å². The van der Waals surface area contributed by atoms with Crippen LogP contribution in [0.1, 0.15) is 0 Å². The average Bonchev–Trinajstić information content (AvgIpc) is 3.07. The number of para-hydroxylation sites is 1. The maximum atomic E-state index is 13.8. The fourth-order valence-electron chi connectivity index (χ4n) is 2.45. The lowest BCUT2D eigenvalue weighted by Gasteiger charge is -2.16. The number of ether oxygens (including phenoxy) is 2. The summed E-state index contributed by atoms with van der Waals surface area (Å²) in [6, 6.07) is 9.96. The SMILES string of the molecule is COc1ccc(OC)c(NC(=O)CN(C)c2nc3c(F)cccc3s2)c1. The Morgan fingerprint density at radius 1 is 1.27 bits per heavy atom. The number of hydrogen-bond acceptors (Lipinski definition) is 6. The summed E-state index contributed by atoms with van der Waals surface area (Å²) in [5.41, 5.74) is 0.829. The van der Waals surface area contributed by atoms with Crippen LogP contribution in [-0.4, -0.2) is 38.7 Å². The first kappa shape index (κ1) is 17.9. The van der Waals surface area contributed by atoms with E-state index in [9.17, 15) is 9.18 Å². The van der Waals surface area contributed by atoms with Crippen LogP contribution in [0.2, 0.25) is 0 Å². The molecule has 0 aliphatic heterocycles. The predicted octanol–water partition coefficient (Wildman–Crippen LogP) is 3.53. The Kier molecular flexibility index (Phi) is 5.22. The third-order valence-electron chi connectivity index (χ3n) is 3.75. The van der Waals surface area contributed by atoms with E-state index in [4.69, 9.17) is 9.47 Å². The van der Waals surface area contributed by atoms with Crippen molar-refractivity contribution in [1.29, 1.82) is 0 Å². The molecule has 0 aliphatic rings. The highest BCUT2D eigenvalue weighted by atomic mass is 32.1. The Morgan fingerprint density at radius 2 is 2.08 bits per heavy atom. The average molecular weight is 375 g/mol. The van der Waals surface area contributed by atoms with Crippen molar-refractivity contribution in [1.82, 2.24) is 4.98 Å². The third kappa shape index (κ3) is 3.70. The highest BCUT2D eigenvalue weighted by Crippen LogP contribution is 2.30. The van der Waals surface area contributed by atoms with Crippen LogP contribution in [-0.2, 0) is 4.79 Å². The second-order valence-electron chi connectivity index (χ2n) is 5.55. The number of carbonyl (C=O) groups excluding carboxylic acids is 1. The molecule has 1 N–H and O–H groups in total. The molecule has 0 aliphatic carbocycles. The highest BCUT2D eigenvalue weighted by molar-refractivity contribution is 7.22. The van der Waals surface area contributed by atoms with Gasteiger partial charge in [-0.05, 0) is 24.3 Å². The first-order valence-electron chi connectivity index (χ1n) is 7.80. The molecule has 0 saturated heterocycles. The smallest absolute Gasteiger partial charge is 0.244 e. The molecule has 0 atom stereocenters. The van der Waals surface area contributed by atoms with Crippen LogP contribution in [0.15, 0.2) is 36.4 Å². The van der Waals surface area contributed by atoms with Gasteiger partial charge in [-0.2, -0.15) is 0 Å². The van der Waals surface area contributed by atoms with E-state index in [-0.39, 0.29) is 18.3 Å². The van der Waals surface area contributed by atoms with Crippen molar-refractivity contribution in [3.63, 3.8) is 0 Å². The van der Waals surface area contributed by atoms with Crippen molar-refractivity contribution < 1.29 is 18.7 Å². The summed E-state index contributed by atoms with van der Waals surface area (Å²) in [5.74, 6) is 0.516. The van der Waals surface area contributed by atoms with Crippen molar-refractivity contribution in [2.45, 2.75) is 0 Å². The third-order valence-corrected chi connectivity index (χ3v) is 4.88. The number of amides is 1. The molecule has 6 nitrogen and oxygen atoms in total. The van der Waals surface area contributed by atoms with Crippen molar-refractivity contribution in [3.8, 4) is 11.5 Å². The fraction of sp³-hybridized carbons (Fsp3) is 0.222. The lowest BCUT2D eigenvalue weighted by atomic mass is 10.2. The van der Waals surface area contributed by atoms with Crippen LogP contribution in [0.4, 0.5) is 15.2 Å². The van der Waals surface area contributed by atoms with E-state index < -0.39 is 0 Å². The van der Waals surface area contributed by atoms with Crippen LogP contribution in [0, 0.1) is 5.82 Å². The van der Waals surface area contributed by atoms with Gasteiger partial charge in [0.15, 0.2) is 5.13 Å². The standard InChI is InChI=1S/C18H18FN3O3S/c1-22(18-21-17-12(19)5-4-6-15(17)26-18)10-16(23)20-13-9-11(24-2)7-8-14(13)25-3/h4-9H,10H2,1-3H3,(H,20,23). The molecule has 1 amide bonds. The van der Waals surface area contributed by atoms with Crippen LogP contribution in [0.25, 0.3) is 10.2 Å². The number of benzene rings is 2. The first-order chi connectivity index (χ1) is 12.5. The van der Waals surface area contributed by atoms with Gasteiger partial charge in [0.1, 0.15) is 22.8 Å². The number of hydrogen-bond donors (Lipinski definition) is 1. The minimum Gasteiger partial charge on any atom is -0.497 e. The Hall–Kier alpha value is -2.87. The second-order valence-corrected chi connectivity index (χ2v) is 6.56. The number of nitrogens with zero attached hydrogens (tertiary/aromatic N) is 2. The van der Waals surface area contributed by atoms with Gasteiger partial charge in [-0.15, -0.1) is 0 Å². The molecule has 1 aromatic heterocycles. The van der Waals surface area contributed by atoms with E-state index in [1.54, 1.807) is 49.4 Å². The Morgan fingerprint density at radius 3 is 2.77 bits per heavy atom. The van der Waals surface area contributed by atoms with Crippen LogP contribution < -0.4 is 19.7 Å². The van der Waals surface area contributed by atoms with Gasteiger partial charge in [0.2, 0.25) is 5.91 Å². The van der Waals surface area contributed by atoms with Gasteiger partial charge in [0.05, 0.1) is 31.2 Å². The zero-order valence-electron chi connectivity index (χ0n) is 14.6. The van der Waals surface area contributed by atoms with E-state index in [1.165, 1.54) is 24.5 Å². The number of aromatic nitrogens is 1. The van der Waals surface area contributed by atoms with Crippen molar-refractivity contribution in [3.05, 3.63) is 42.2 Å². The monoisotopic (exact) mass is 375 g/mol. The normalized spacial score (nSPS) is 10.6. The molecule has 3 rings (SSSR count). The van der Waals surface area contributed by atoms with Gasteiger partial charge in [-0.1, -0.05) is 17.4 Å². The summed E-state index contributed by atoms with van der Waals surface area (Å²) in [6.07, 6.45) is 0. The molecule has 0 radical (unpaired) electrons. The number of carbonyl (C=O) groups is 1. The van der Waals surface area contributed by atoms with Gasteiger partial charge < -0.3 is 19.7 Å². The lowest BCUT2D eigenvalue weighted by Crippen LogP contribution is -2.30. The molecule has 1 heterocycles. The number of anilines is 2. The Balaban J connectivity index is 1.74. The molecule has 2 aromatic carbocycles. The summed E-state index contributed by atoms with van der Waals surface area (Å²) in [6.45, 7) is 0.0573. The highest BCUT2D eigenvalue weighted by Gasteiger charge is 2.15. The van der Waals surface area contributed by atoms with Crippen LogP contribution in [0.3, 0.4) is 0 Å². The number of fused-ring (bicyclic) bond motifs is 1. The molecule has 8 heteroatoms. The minimum atomic E-state index is -0.371. The number of halogens is 1. The minimum absolute atomic E-state index is 0.0573. The van der Waals surface area contributed by atoms with Gasteiger partial charge in [-0.3, -0.25) is 4.79 Å². The van der Waals surface area contributed by atoms with Crippen molar-refractivity contribution in [2.24, 2.45) is 0 Å². The molecular weight excluding hydrogens is 357 g/mol. The van der Waals surface area contributed by atoms with E-state index in [1.807, 2.05) is 0 Å². The lowest BCUT2D eigenvalue weighted by molar-refractivity contribution is -0.114. The van der Waals surface area contributed by atoms with Gasteiger partial charge in [-0.25, -0.2) is 9.37 Å². The number of methoxy groups -OCH3 is 2. The Bertz CT molecular complexity index is 945. The number of likely N-dealkylation sites (N-methyl/N-ethyl adjacent to an activating group) is 1.